The Morgan fingerprint density at radius 1 is 1.25 bits per heavy atom. The Balaban J connectivity index is 1.71. The zero-order valence-corrected chi connectivity index (χ0v) is 12.8. The van der Waals surface area contributed by atoms with Gasteiger partial charge in [0.2, 0.25) is 0 Å². The molecule has 1 aliphatic heterocycles. The van der Waals surface area contributed by atoms with Crippen LogP contribution in [0.1, 0.15) is 44.6 Å². The van der Waals surface area contributed by atoms with Gasteiger partial charge in [-0.15, -0.1) is 0 Å². The van der Waals surface area contributed by atoms with E-state index in [-0.39, 0.29) is 0 Å². The minimum Gasteiger partial charge on any atom is -0.399 e. The summed E-state index contributed by atoms with van der Waals surface area (Å²) in [6, 6.07) is 8.31. The number of ether oxygens (including phenoxy) is 1. The number of likely N-dealkylation sites (tertiary alicyclic amines) is 1. The van der Waals surface area contributed by atoms with E-state index in [4.69, 9.17) is 10.5 Å². The summed E-state index contributed by atoms with van der Waals surface area (Å²) >= 11 is 0. The summed E-state index contributed by atoms with van der Waals surface area (Å²) in [5, 5.41) is 0. The Bertz CT molecular complexity index is 382. The van der Waals surface area contributed by atoms with Crippen molar-refractivity contribution in [2.24, 2.45) is 0 Å². The maximum Gasteiger partial charge on any atom is 0.0599 e. The molecule has 2 rings (SSSR count). The van der Waals surface area contributed by atoms with Crippen LogP contribution in [0.25, 0.3) is 0 Å². The molecule has 2 N–H and O–H groups in total. The maximum absolute atomic E-state index is 5.74. The van der Waals surface area contributed by atoms with E-state index >= 15 is 0 Å². The molecule has 112 valence electrons. The normalized spacial score (nSPS) is 19.1. The molecule has 0 bridgehead atoms. The molecule has 3 nitrogen and oxygen atoms in total. The molecule has 1 unspecified atom stereocenters. The van der Waals surface area contributed by atoms with E-state index in [2.05, 4.69) is 30.9 Å². The van der Waals surface area contributed by atoms with Crippen molar-refractivity contribution in [1.82, 2.24) is 4.90 Å². The van der Waals surface area contributed by atoms with Crippen LogP contribution in [0.2, 0.25) is 0 Å². The van der Waals surface area contributed by atoms with E-state index in [1.165, 1.54) is 44.5 Å². The van der Waals surface area contributed by atoms with E-state index < -0.39 is 0 Å². The fraction of sp³-hybridized carbons (Fsp3) is 0.647. The van der Waals surface area contributed by atoms with Gasteiger partial charge in [0.05, 0.1) is 6.10 Å². The molecule has 1 saturated heterocycles. The van der Waals surface area contributed by atoms with Gasteiger partial charge in [-0.3, -0.25) is 0 Å². The molecule has 1 aliphatic rings. The summed E-state index contributed by atoms with van der Waals surface area (Å²) in [6.07, 6.45) is 4.07. The van der Waals surface area contributed by atoms with Crippen LogP contribution < -0.4 is 5.73 Å². The van der Waals surface area contributed by atoms with Crippen molar-refractivity contribution in [3.8, 4) is 0 Å². The summed E-state index contributed by atoms with van der Waals surface area (Å²) in [7, 11) is 0. The van der Waals surface area contributed by atoms with E-state index in [9.17, 15) is 0 Å². The molecule has 0 radical (unpaired) electrons. The van der Waals surface area contributed by atoms with E-state index in [1.54, 1.807) is 0 Å². The highest BCUT2D eigenvalue weighted by Gasteiger charge is 2.19. The lowest BCUT2D eigenvalue weighted by Crippen LogP contribution is -2.37. The van der Waals surface area contributed by atoms with Gasteiger partial charge in [0.15, 0.2) is 0 Å². The monoisotopic (exact) mass is 276 g/mol. The van der Waals surface area contributed by atoms with Crippen LogP contribution in [0, 0.1) is 0 Å². The molecule has 0 aromatic heterocycles. The van der Waals surface area contributed by atoms with Crippen LogP contribution in [0.5, 0.6) is 0 Å². The quantitative estimate of drug-likeness (QED) is 0.811. The highest BCUT2D eigenvalue weighted by Crippen LogP contribution is 2.22. The van der Waals surface area contributed by atoms with Crippen molar-refractivity contribution in [1.29, 1.82) is 0 Å². The first-order chi connectivity index (χ1) is 9.69. The summed E-state index contributed by atoms with van der Waals surface area (Å²) in [4.78, 5) is 2.57. The minimum absolute atomic E-state index is 0.491. The zero-order chi connectivity index (χ0) is 14.4. The fourth-order valence-corrected chi connectivity index (χ4v) is 2.90. The van der Waals surface area contributed by atoms with Crippen LogP contribution in [0.3, 0.4) is 0 Å². The lowest BCUT2D eigenvalue weighted by molar-refractivity contribution is 0.0138. The highest BCUT2D eigenvalue weighted by atomic mass is 16.5. The molecule has 1 heterocycles. The lowest BCUT2D eigenvalue weighted by Gasteiger charge is -2.32. The van der Waals surface area contributed by atoms with Crippen molar-refractivity contribution in [3.05, 3.63) is 29.8 Å². The van der Waals surface area contributed by atoms with Gasteiger partial charge in [-0.25, -0.2) is 0 Å². The molecule has 0 aliphatic carbocycles. The molecule has 1 aromatic carbocycles. The first kappa shape index (κ1) is 15.3. The summed E-state index contributed by atoms with van der Waals surface area (Å²) < 4.78 is 5.70. The molecule has 0 amide bonds. The van der Waals surface area contributed by atoms with E-state index in [0.29, 0.717) is 12.0 Å². The van der Waals surface area contributed by atoms with Gasteiger partial charge in [-0.2, -0.15) is 0 Å². The number of nitrogens with zero attached hydrogens (tertiary/aromatic N) is 1. The standard InChI is InChI=1S/C17H28N2O/c1-3-20-17-9-12-19(13-10-17)11-8-14(2)15-4-6-16(18)7-5-15/h4-7,14,17H,3,8-13,18H2,1-2H3. The van der Waals surface area contributed by atoms with Gasteiger partial charge >= 0.3 is 0 Å². The topological polar surface area (TPSA) is 38.5 Å². The average Bonchev–Trinajstić information content (AvgIpc) is 2.47. The molecular weight excluding hydrogens is 248 g/mol. The Kier molecular flexibility index (Phi) is 5.86. The molecule has 0 spiro atoms. The predicted molar refractivity (Wildman–Crippen MR) is 85.0 cm³/mol. The van der Waals surface area contributed by atoms with Gasteiger partial charge in [-0.1, -0.05) is 19.1 Å². The van der Waals surface area contributed by atoms with Crippen LogP contribution in [-0.4, -0.2) is 37.2 Å². The van der Waals surface area contributed by atoms with Crippen molar-refractivity contribution >= 4 is 5.69 Å². The third-order valence-electron chi connectivity index (χ3n) is 4.32. The number of piperidine rings is 1. The second-order valence-electron chi connectivity index (χ2n) is 5.85. The number of rotatable bonds is 6. The van der Waals surface area contributed by atoms with Gasteiger partial charge < -0.3 is 15.4 Å². The zero-order valence-electron chi connectivity index (χ0n) is 12.8. The molecule has 1 aromatic rings. The first-order valence-corrected chi connectivity index (χ1v) is 7.88. The van der Waals surface area contributed by atoms with Crippen molar-refractivity contribution in [3.63, 3.8) is 0 Å². The van der Waals surface area contributed by atoms with E-state index in [0.717, 1.165) is 12.3 Å². The van der Waals surface area contributed by atoms with Crippen molar-refractivity contribution in [2.45, 2.75) is 45.1 Å². The number of hydrogen-bond donors (Lipinski definition) is 1. The molecule has 20 heavy (non-hydrogen) atoms. The van der Waals surface area contributed by atoms with Crippen molar-refractivity contribution in [2.75, 3.05) is 32.0 Å². The summed E-state index contributed by atoms with van der Waals surface area (Å²) in [5.41, 5.74) is 7.97. The number of hydrogen-bond acceptors (Lipinski definition) is 3. The van der Waals surface area contributed by atoms with Crippen LogP contribution >= 0.6 is 0 Å². The Labute approximate surface area is 123 Å². The molecule has 1 fully saturated rings. The second kappa shape index (κ2) is 7.65. The van der Waals surface area contributed by atoms with Gasteiger partial charge in [0, 0.05) is 25.4 Å². The SMILES string of the molecule is CCOC1CCN(CCC(C)c2ccc(N)cc2)CC1. The Morgan fingerprint density at radius 2 is 1.90 bits per heavy atom. The molecule has 0 saturated carbocycles. The third-order valence-corrected chi connectivity index (χ3v) is 4.32. The minimum atomic E-state index is 0.491. The average molecular weight is 276 g/mol. The molecular formula is C17H28N2O. The van der Waals surface area contributed by atoms with Crippen molar-refractivity contribution < 1.29 is 4.74 Å². The lowest BCUT2D eigenvalue weighted by atomic mass is 9.97. The van der Waals surface area contributed by atoms with Crippen LogP contribution in [0.4, 0.5) is 5.69 Å². The number of nitrogens with two attached hydrogens (primary N) is 1. The largest absolute Gasteiger partial charge is 0.399 e. The highest BCUT2D eigenvalue weighted by molar-refractivity contribution is 5.40. The Morgan fingerprint density at radius 3 is 2.50 bits per heavy atom. The van der Waals surface area contributed by atoms with Gasteiger partial charge in [0.25, 0.3) is 0 Å². The van der Waals surface area contributed by atoms with Gasteiger partial charge in [-0.05, 0) is 56.3 Å². The first-order valence-electron chi connectivity index (χ1n) is 7.88. The van der Waals surface area contributed by atoms with Crippen LogP contribution in [-0.2, 0) is 4.74 Å². The maximum atomic E-state index is 5.74. The number of nitrogen functional groups attached to an aromatic ring is 1. The van der Waals surface area contributed by atoms with Gasteiger partial charge in [0.1, 0.15) is 0 Å². The summed E-state index contributed by atoms with van der Waals surface area (Å²) in [6.45, 7) is 8.78. The molecule has 1 atom stereocenters. The Hall–Kier alpha value is -1.06. The van der Waals surface area contributed by atoms with Crippen LogP contribution in [0.15, 0.2) is 24.3 Å². The number of benzene rings is 1. The third kappa shape index (κ3) is 4.50. The van der Waals surface area contributed by atoms with E-state index in [1.807, 2.05) is 12.1 Å². The number of anilines is 1. The summed E-state index contributed by atoms with van der Waals surface area (Å²) in [5.74, 6) is 0.597. The molecule has 3 heteroatoms. The fourth-order valence-electron chi connectivity index (χ4n) is 2.90. The smallest absolute Gasteiger partial charge is 0.0599 e. The predicted octanol–water partition coefficient (Wildman–Crippen LogP) is 3.26. The second-order valence-corrected chi connectivity index (χ2v) is 5.85.